The van der Waals surface area contributed by atoms with Crippen molar-refractivity contribution in [2.75, 3.05) is 0 Å². The van der Waals surface area contributed by atoms with Gasteiger partial charge < -0.3 is 9.31 Å². The van der Waals surface area contributed by atoms with Crippen LogP contribution in [0, 0.1) is 5.82 Å². The second-order valence-corrected chi connectivity index (χ2v) is 7.08. The van der Waals surface area contributed by atoms with E-state index in [4.69, 9.17) is 9.31 Å². The number of halogens is 3. The maximum absolute atomic E-state index is 13.6. The van der Waals surface area contributed by atoms with Gasteiger partial charge in [0.2, 0.25) is 0 Å². The Labute approximate surface area is 124 Å². The van der Waals surface area contributed by atoms with Gasteiger partial charge in [0, 0.05) is 4.47 Å². The number of hydrogen-bond acceptors (Lipinski definition) is 2. The standard InChI is InChI=1S/C12H14BBr2FO2/c1-11(2)12(3,4)18-13(17-11)7-5-10(16)9(15)6-8(7)14/h5-6H,1-4H3. The first-order valence-electron chi connectivity index (χ1n) is 5.64. The highest BCUT2D eigenvalue weighted by Crippen LogP contribution is 2.37. The fourth-order valence-corrected chi connectivity index (χ4v) is 2.87. The molecule has 2 nitrogen and oxygen atoms in total. The third kappa shape index (κ3) is 2.40. The summed E-state index contributed by atoms with van der Waals surface area (Å²) < 4.78 is 26.6. The average Bonchev–Trinajstić information content (AvgIpc) is 2.42. The topological polar surface area (TPSA) is 18.5 Å². The van der Waals surface area contributed by atoms with E-state index in [0.29, 0.717) is 9.94 Å². The molecule has 0 atom stereocenters. The number of benzene rings is 1. The summed E-state index contributed by atoms with van der Waals surface area (Å²) in [4.78, 5) is 0. The largest absolute Gasteiger partial charge is 0.496 e. The lowest BCUT2D eigenvalue weighted by molar-refractivity contribution is 0.00578. The van der Waals surface area contributed by atoms with Gasteiger partial charge in [-0.1, -0.05) is 15.9 Å². The van der Waals surface area contributed by atoms with E-state index in [1.807, 2.05) is 27.7 Å². The van der Waals surface area contributed by atoms with Gasteiger partial charge in [0.25, 0.3) is 0 Å². The monoisotopic (exact) mass is 378 g/mol. The highest BCUT2D eigenvalue weighted by molar-refractivity contribution is 9.11. The molecule has 0 radical (unpaired) electrons. The lowest BCUT2D eigenvalue weighted by Gasteiger charge is -2.32. The Kier molecular flexibility index (Phi) is 3.69. The van der Waals surface area contributed by atoms with Gasteiger partial charge in [-0.05, 0) is 61.2 Å². The summed E-state index contributed by atoms with van der Waals surface area (Å²) in [6.45, 7) is 7.87. The lowest BCUT2D eigenvalue weighted by Crippen LogP contribution is -2.41. The van der Waals surface area contributed by atoms with Gasteiger partial charge in [0.05, 0.1) is 15.7 Å². The van der Waals surface area contributed by atoms with Gasteiger partial charge in [-0.15, -0.1) is 0 Å². The van der Waals surface area contributed by atoms with Gasteiger partial charge in [-0.3, -0.25) is 0 Å². The molecule has 0 bridgehead atoms. The minimum absolute atomic E-state index is 0.331. The highest BCUT2D eigenvalue weighted by Gasteiger charge is 2.52. The smallest absolute Gasteiger partial charge is 0.399 e. The van der Waals surface area contributed by atoms with Crippen LogP contribution < -0.4 is 5.46 Å². The summed E-state index contributed by atoms with van der Waals surface area (Å²) >= 11 is 6.56. The highest BCUT2D eigenvalue weighted by atomic mass is 79.9. The van der Waals surface area contributed by atoms with Crippen molar-refractivity contribution in [2.24, 2.45) is 0 Å². The average molecular weight is 380 g/mol. The zero-order valence-corrected chi connectivity index (χ0v) is 13.9. The molecule has 1 aliphatic rings. The minimum Gasteiger partial charge on any atom is -0.399 e. The van der Waals surface area contributed by atoms with Gasteiger partial charge >= 0.3 is 7.12 Å². The quantitative estimate of drug-likeness (QED) is 0.547. The molecule has 1 saturated heterocycles. The maximum atomic E-state index is 13.6. The molecule has 1 aromatic rings. The van der Waals surface area contributed by atoms with E-state index < -0.39 is 18.3 Å². The van der Waals surface area contributed by atoms with Crippen LogP contribution in [0.15, 0.2) is 21.1 Å². The summed E-state index contributed by atoms with van der Waals surface area (Å²) in [6, 6.07) is 3.09. The molecule has 0 spiro atoms. The van der Waals surface area contributed by atoms with Crippen LogP contribution in [0.2, 0.25) is 0 Å². The van der Waals surface area contributed by atoms with Crippen LogP contribution in [-0.4, -0.2) is 18.3 Å². The van der Waals surface area contributed by atoms with Gasteiger partial charge in [0.1, 0.15) is 5.82 Å². The fourth-order valence-electron chi connectivity index (χ4n) is 1.69. The minimum atomic E-state index is -0.563. The van der Waals surface area contributed by atoms with Crippen LogP contribution in [0.1, 0.15) is 27.7 Å². The summed E-state index contributed by atoms with van der Waals surface area (Å²) in [7, 11) is -0.563. The summed E-state index contributed by atoms with van der Waals surface area (Å²) in [5.41, 5.74) is -0.198. The molecule has 0 amide bonds. The van der Waals surface area contributed by atoms with E-state index in [1.54, 1.807) is 6.07 Å². The molecule has 1 aromatic carbocycles. The molecule has 1 heterocycles. The number of hydrogen-bond donors (Lipinski definition) is 0. The maximum Gasteiger partial charge on any atom is 0.496 e. The van der Waals surface area contributed by atoms with Crippen LogP contribution >= 0.6 is 31.9 Å². The Hall–Kier alpha value is 0.0949. The molecule has 0 saturated carbocycles. The first-order chi connectivity index (χ1) is 8.14. The van der Waals surface area contributed by atoms with Crippen molar-refractivity contribution in [1.29, 1.82) is 0 Å². The second-order valence-electron chi connectivity index (χ2n) is 5.38. The molecule has 18 heavy (non-hydrogen) atoms. The van der Waals surface area contributed by atoms with Crippen LogP contribution in [0.25, 0.3) is 0 Å². The van der Waals surface area contributed by atoms with Gasteiger partial charge in [0.15, 0.2) is 0 Å². The van der Waals surface area contributed by atoms with Crippen LogP contribution in [0.3, 0.4) is 0 Å². The normalized spacial score (nSPS) is 21.4. The van der Waals surface area contributed by atoms with Crippen molar-refractivity contribution < 1.29 is 13.7 Å². The molecule has 0 N–H and O–H groups in total. The SMILES string of the molecule is CC1(C)OB(c2cc(F)c(Br)cc2Br)OC1(C)C. The first kappa shape index (κ1) is 14.5. The van der Waals surface area contributed by atoms with Crippen molar-refractivity contribution >= 4 is 44.4 Å². The van der Waals surface area contributed by atoms with E-state index in [1.165, 1.54) is 6.07 Å². The molecule has 0 aromatic heterocycles. The molecule has 1 aliphatic heterocycles. The van der Waals surface area contributed by atoms with E-state index >= 15 is 0 Å². The van der Waals surface area contributed by atoms with E-state index in [-0.39, 0.29) is 5.82 Å². The fraction of sp³-hybridized carbons (Fsp3) is 0.500. The van der Waals surface area contributed by atoms with Crippen LogP contribution in [-0.2, 0) is 9.31 Å². The van der Waals surface area contributed by atoms with Crippen molar-refractivity contribution in [3.05, 3.63) is 26.9 Å². The third-order valence-corrected chi connectivity index (χ3v) is 4.84. The van der Waals surface area contributed by atoms with E-state index in [0.717, 1.165) is 4.47 Å². The summed E-state index contributed by atoms with van der Waals surface area (Å²) in [6.07, 6.45) is 0. The van der Waals surface area contributed by atoms with Crippen LogP contribution in [0.5, 0.6) is 0 Å². The van der Waals surface area contributed by atoms with E-state index in [9.17, 15) is 4.39 Å². The first-order valence-corrected chi connectivity index (χ1v) is 7.23. The zero-order chi connectivity index (χ0) is 13.7. The lowest BCUT2D eigenvalue weighted by atomic mass is 9.79. The Morgan fingerprint density at radius 3 is 2.00 bits per heavy atom. The van der Waals surface area contributed by atoms with Crippen molar-refractivity contribution in [2.45, 2.75) is 38.9 Å². The van der Waals surface area contributed by atoms with Crippen LogP contribution in [0.4, 0.5) is 4.39 Å². The zero-order valence-electron chi connectivity index (χ0n) is 10.7. The molecule has 0 aliphatic carbocycles. The van der Waals surface area contributed by atoms with Crippen molar-refractivity contribution in [1.82, 2.24) is 0 Å². The molecular weight excluding hydrogens is 366 g/mol. The predicted molar refractivity (Wildman–Crippen MR) is 77.5 cm³/mol. The Morgan fingerprint density at radius 1 is 1.00 bits per heavy atom. The van der Waals surface area contributed by atoms with Gasteiger partial charge in [-0.25, -0.2) is 4.39 Å². The van der Waals surface area contributed by atoms with Crippen molar-refractivity contribution in [3.8, 4) is 0 Å². The molecular formula is C12H14BBr2FO2. The summed E-state index contributed by atoms with van der Waals surface area (Å²) in [5.74, 6) is -0.331. The third-order valence-electron chi connectivity index (χ3n) is 3.55. The number of rotatable bonds is 1. The summed E-state index contributed by atoms with van der Waals surface area (Å²) in [5, 5.41) is 0. The van der Waals surface area contributed by atoms with E-state index in [2.05, 4.69) is 31.9 Å². The molecule has 0 unspecified atom stereocenters. The molecule has 1 fully saturated rings. The molecule has 2 rings (SSSR count). The van der Waals surface area contributed by atoms with Crippen molar-refractivity contribution in [3.63, 3.8) is 0 Å². The second kappa shape index (κ2) is 4.58. The Morgan fingerprint density at radius 2 is 1.50 bits per heavy atom. The molecule has 98 valence electrons. The van der Waals surface area contributed by atoms with Gasteiger partial charge in [-0.2, -0.15) is 0 Å². The Balaban J connectivity index is 2.38. The predicted octanol–water partition coefficient (Wildman–Crippen LogP) is 3.65. The Bertz CT molecular complexity index is 475. The molecule has 6 heteroatoms.